The number of rotatable bonds is 6. The molecule has 19 heavy (non-hydrogen) atoms. The molecule has 0 bridgehead atoms. The summed E-state index contributed by atoms with van der Waals surface area (Å²) in [6.07, 6.45) is 2.37. The van der Waals surface area contributed by atoms with Crippen LogP contribution in [-0.2, 0) is 0 Å². The Morgan fingerprint density at radius 1 is 0.947 bits per heavy atom. The topological polar surface area (TPSA) is 9.23 Å². The van der Waals surface area contributed by atoms with E-state index in [0.717, 1.165) is 11.8 Å². The molecule has 0 aliphatic rings. The Kier molecular flexibility index (Phi) is 5.22. The van der Waals surface area contributed by atoms with Gasteiger partial charge in [0.05, 0.1) is 0 Å². The minimum atomic E-state index is -2.07. The lowest BCUT2D eigenvalue weighted by Crippen LogP contribution is -2.47. The van der Waals surface area contributed by atoms with Gasteiger partial charge in [-0.3, -0.25) is 0 Å². The highest BCUT2D eigenvalue weighted by molar-refractivity contribution is 9.26. The fraction of sp³-hybridized carbons (Fsp3) is 0.250. The molecule has 0 aromatic heterocycles. The molecule has 0 spiro atoms. The van der Waals surface area contributed by atoms with Crippen molar-refractivity contribution < 1.29 is 4.43 Å². The summed E-state index contributed by atoms with van der Waals surface area (Å²) in [6.45, 7) is 0.143. The van der Waals surface area contributed by atoms with Gasteiger partial charge < -0.3 is 4.43 Å². The van der Waals surface area contributed by atoms with Gasteiger partial charge >= 0.3 is 6.94 Å². The van der Waals surface area contributed by atoms with Crippen LogP contribution in [0.4, 0.5) is 0 Å². The summed E-state index contributed by atoms with van der Waals surface area (Å²) in [6, 6.07) is 21.7. The third-order valence-corrected chi connectivity index (χ3v) is 8.88. The van der Waals surface area contributed by atoms with Crippen LogP contribution in [0.5, 0.6) is 5.75 Å². The molecule has 0 radical (unpaired) electrons. The maximum Gasteiger partial charge on any atom is 0.353 e. The second-order valence-electron chi connectivity index (χ2n) is 4.61. The summed E-state index contributed by atoms with van der Waals surface area (Å²) in [5, 5.41) is 1.30. The monoisotopic (exact) mass is 334 g/mol. The zero-order valence-electron chi connectivity index (χ0n) is 11.2. The number of halogens is 1. The van der Waals surface area contributed by atoms with E-state index in [1.165, 1.54) is 18.0 Å². The minimum Gasteiger partial charge on any atom is -0.529 e. The predicted molar refractivity (Wildman–Crippen MR) is 87.5 cm³/mol. The van der Waals surface area contributed by atoms with Crippen molar-refractivity contribution in [2.45, 2.75) is 25.8 Å². The molecule has 0 aliphatic carbocycles. The molecule has 0 fully saturated rings. The van der Waals surface area contributed by atoms with E-state index >= 15 is 0 Å². The summed E-state index contributed by atoms with van der Waals surface area (Å²) < 4.78 is 6.35. The van der Waals surface area contributed by atoms with Crippen LogP contribution in [0.1, 0.15) is 19.8 Å². The van der Waals surface area contributed by atoms with Gasteiger partial charge in [0.25, 0.3) is 0 Å². The van der Waals surface area contributed by atoms with Crippen molar-refractivity contribution in [3.05, 3.63) is 60.7 Å². The number of hydrogen-bond acceptors (Lipinski definition) is 1. The van der Waals surface area contributed by atoms with E-state index in [1.807, 2.05) is 36.4 Å². The first-order valence-corrected chi connectivity index (χ1v) is 11.1. The standard InChI is InChI=1S/C16H19BrOSi/c1-2-3-14-19(17,16-12-8-5-9-13-16)18-15-10-6-4-7-11-15/h4-13H,2-3,14H2,1H3. The summed E-state index contributed by atoms with van der Waals surface area (Å²) in [5.74, 6) is 0.950. The SMILES string of the molecule is CCCC[Si](Br)(Oc1ccccc1)c1ccccc1. The highest BCUT2D eigenvalue weighted by atomic mass is 79.9. The van der Waals surface area contributed by atoms with E-state index in [0.29, 0.717) is 0 Å². The van der Waals surface area contributed by atoms with Gasteiger partial charge in [0.15, 0.2) is 0 Å². The van der Waals surface area contributed by atoms with Crippen molar-refractivity contribution in [2.75, 3.05) is 0 Å². The number of hydrogen-bond donors (Lipinski definition) is 0. The summed E-state index contributed by atoms with van der Waals surface area (Å²) in [7, 11) is 0. The van der Waals surface area contributed by atoms with Crippen LogP contribution in [-0.4, -0.2) is 6.94 Å². The third kappa shape index (κ3) is 3.95. The van der Waals surface area contributed by atoms with Gasteiger partial charge in [0.2, 0.25) is 0 Å². The molecule has 1 atom stereocenters. The molecule has 0 saturated carbocycles. The molecule has 0 N–H and O–H groups in total. The normalized spacial score (nSPS) is 13.8. The van der Waals surface area contributed by atoms with Crippen LogP contribution in [0, 0.1) is 0 Å². The van der Waals surface area contributed by atoms with Gasteiger partial charge in [-0.15, -0.1) is 0 Å². The van der Waals surface area contributed by atoms with Gasteiger partial charge in [-0.1, -0.05) is 83.6 Å². The molecule has 0 saturated heterocycles. The molecule has 2 aromatic rings. The number of para-hydroxylation sites is 1. The lowest BCUT2D eigenvalue weighted by atomic mass is 10.3. The van der Waals surface area contributed by atoms with Crippen molar-refractivity contribution in [1.82, 2.24) is 0 Å². The molecule has 3 heteroatoms. The third-order valence-electron chi connectivity index (χ3n) is 3.08. The van der Waals surface area contributed by atoms with Crippen LogP contribution < -0.4 is 9.61 Å². The minimum absolute atomic E-state index is 0.950. The highest BCUT2D eigenvalue weighted by Crippen LogP contribution is 2.25. The Labute approximate surface area is 124 Å². The van der Waals surface area contributed by atoms with Crippen molar-refractivity contribution in [3.63, 3.8) is 0 Å². The van der Waals surface area contributed by atoms with Crippen LogP contribution in [0.25, 0.3) is 0 Å². The lowest BCUT2D eigenvalue weighted by Gasteiger charge is -2.26. The van der Waals surface area contributed by atoms with Crippen molar-refractivity contribution in [2.24, 2.45) is 0 Å². The molecule has 0 heterocycles. The van der Waals surface area contributed by atoms with Crippen LogP contribution in [0.2, 0.25) is 6.04 Å². The Morgan fingerprint density at radius 2 is 1.53 bits per heavy atom. The largest absolute Gasteiger partial charge is 0.529 e. The van der Waals surface area contributed by atoms with E-state index in [2.05, 4.69) is 46.5 Å². The van der Waals surface area contributed by atoms with Gasteiger partial charge in [0.1, 0.15) is 5.75 Å². The summed E-state index contributed by atoms with van der Waals surface area (Å²) in [4.78, 5) is 0. The molecule has 1 nitrogen and oxygen atoms in total. The summed E-state index contributed by atoms with van der Waals surface area (Å²) in [5.41, 5.74) is 0. The second-order valence-corrected chi connectivity index (χ2v) is 11.2. The van der Waals surface area contributed by atoms with Crippen molar-refractivity contribution in [1.29, 1.82) is 0 Å². The quantitative estimate of drug-likeness (QED) is 0.553. The van der Waals surface area contributed by atoms with Crippen LogP contribution in [0.15, 0.2) is 60.7 Å². The van der Waals surface area contributed by atoms with Gasteiger partial charge in [0, 0.05) is 0 Å². The smallest absolute Gasteiger partial charge is 0.353 e. The Bertz CT molecular complexity index is 489. The Morgan fingerprint density at radius 3 is 2.11 bits per heavy atom. The fourth-order valence-electron chi connectivity index (χ4n) is 2.02. The first-order valence-electron chi connectivity index (χ1n) is 6.73. The maximum absolute atomic E-state index is 6.35. The van der Waals surface area contributed by atoms with Gasteiger partial charge in [-0.2, -0.15) is 0 Å². The van der Waals surface area contributed by atoms with Crippen LogP contribution >= 0.6 is 15.3 Å². The van der Waals surface area contributed by atoms with E-state index in [1.54, 1.807) is 0 Å². The maximum atomic E-state index is 6.35. The average Bonchev–Trinajstić information content (AvgIpc) is 2.47. The molecule has 1 unspecified atom stereocenters. The Balaban J connectivity index is 2.24. The van der Waals surface area contributed by atoms with Crippen molar-refractivity contribution in [3.8, 4) is 5.75 Å². The predicted octanol–water partition coefficient (Wildman–Crippen LogP) is 4.61. The molecular formula is C16H19BrOSi. The molecule has 0 amide bonds. The van der Waals surface area contributed by atoms with E-state index in [9.17, 15) is 0 Å². The summed E-state index contributed by atoms with van der Waals surface area (Å²) >= 11 is 3.95. The number of unbranched alkanes of at least 4 members (excludes halogenated alkanes) is 1. The van der Waals surface area contributed by atoms with Gasteiger partial charge in [-0.25, -0.2) is 0 Å². The first-order chi connectivity index (χ1) is 9.24. The molecule has 2 aromatic carbocycles. The number of benzene rings is 2. The van der Waals surface area contributed by atoms with E-state index in [-0.39, 0.29) is 0 Å². The Hall–Kier alpha value is -1.06. The molecule has 0 aliphatic heterocycles. The molecular weight excluding hydrogens is 316 g/mol. The molecule has 100 valence electrons. The van der Waals surface area contributed by atoms with E-state index in [4.69, 9.17) is 4.43 Å². The second kappa shape index (κ2) is 6.92. The van der Waals surface area contributed by atoms with Crippen molar-refractivity contribution >= 4 is 27.4 Å². The first kappa shape index (κ1) is 14.3. The molecule has 2 rings (SSSR count). The highest BCUT2D eigenvalue weighted by Gasteiger charge is 2.35. The van der Waals surface area contributed by atoms with E-state index < -0.39 is 6.94 Å². The van der Waals surface area contributed by atoms with Gasteiger partial charge in [-0.05, 0) is 23.4 Å². The zero-order chi connectivity index (χ0) is 13.6. The van der Waals surface area contributed by atoms with Crippen LogP contribution in [0.3, 0.4) is 0 Å². The lowest BCUT2D eigenvalue weighted by molar-refractivity contribution is 0.567. The fourth-order valence-corrected chi connectivity index (χ4v) is 6.73. The zero-order valence-corrected chi connectivity index (χ0v) is 13.8. The average molecular weight is 335 g/mol.